The maximum Gasteiger partial charge on any atom is 0.126 e. The molecule has 3 heteroatoms. The van der Waals surface area contributed by atoms with Crippen molar-refractivity contribution in [2.24, 2.45) is 5.73 Å². The van der Waals surface area contributed by atoms with Crippen molar-refractivity contribution in [3.05, 3.63) is 35.1 Å². The first-order chi connectivity index (χ1) is 7.23. The van der Waals surface area contributed by atoms with Crippen molar-refractivity contribution in [1.82, 2.24) is 0 Å². The standard InChI is InChI=1S/C12H16FNO/c1-2-15-12(8-14)7-6-9-10(12)4-3-5-11(9)13/h3-5H,2,6-8,14H2,1H3. The molecule has 2 N–H and O–H groups in total. The molecule has 0 fully saturated rings. The largest absolute Gasteiger partial charge is 0.369 e. The average Bonchev–Trinajstić information content (AvgIpc) is 2.61. The van der Waals surface area contributed by atoms with Gasteiger partial charge in [-0.05, 0) is 37.0 Å². The molecule has 2 nitrogen and oxygen atoms in total. The normalized spacial score (nSPS) is 24.2. The third-order valence-corrected chi connectivity index (χ3v) is 3.14. The van der Waals surface area contributed by atoms with E-state index in [1.165, 1.54) is 6.07 Å². The number of hydrogen-bond donors (Lipinski definition) is 1. The number of halogens is 1. The zero-order valence-corrected chi connectivity index (χ0v) is 8.92. The molecule has 1 aromatic rings. The Hall–Kier alpha value is -0.930. The quantitative estimate of drug-likeness (QED) is 0.826. The van der Waals surface area contributed by atoms with Gasteiger partial charge < -0.3 is 10.5 Å². The first-order valence-corrected chi connectivity index (χ1v) is 5.35. The first-order valence-electron chi connectivity index (χ1n) is 5.35. The van der Waals surface area contributed by atoms with Gasteiger partial charge in [0.15, 0.2) is 0 Å². The van der Waals surface area contributed by atoms with Crippen LogP contribution < -0.4 is 5.73 Å². The minimum absolute atomic E-state index is 0.137. The fourth-order valence-corrected chi connectivity index (χ4v) is 2.40. The second-order valence-corrected chi connectivity index (χ2v) is 3.90. The van der Waals surface area contributed by atoms with E-state index in [0.29, 0.717) is 13.2 Å². The molecule has 1 aliphatic carbocycles. The molecule has 0 saturated carbocycles. The predicted octanol–water partition coefficient (Wildman–Crippen LogP) is 1.96. The SMILES string of the molecule is CCOC1(CN)CCc2c(F)cccc21. The Morgan fingerprint density at radius 3 is 3.00 bits per heavy atom. The molecule has 0 saturated heterocycles. The Balaban J connectivity index is 2.46. The van der Waals surface area contributed by atoms with Crippen LogP contribution in [0.15, 0.2) is 18.2 Å². The van der Waals surface area contributed by atoms with E-state index >= 15 is 0 Å². The number of nitrogens with two attached hydrogens (primary N) is 1. The van der Waals surface area contributed by atoms with Gasteiger partial charge in [0.1, 0.15) is 11.4 Å². The molecule has 0 aliphatic heterocycles. The summed E-state index contributed by atoms with van der Waals surface area (Å²) in [6.45, 7) is 2.96. The maximum atomic E-state index is 13.5. The number of ether oxygens (including phenoxy) is 1. The predicted molar refractivity (Wildman–Crippen MR) is 57.1 cm³/mol. The number of benzene rings is 1. The molecule has 1 atom stereocenters. The summed E-state index contributed by atoms with van der Waals surface area (Å²) in [6, 6.07) is 5.15. The van der Waals surface area contributed by atoms with Gasteiger partial charge in [0.05, 0.1) is 0 Å². The topological polar surface area (TPSA) is 35.2 Å². The lowest BCUT2D eigenvalue weighted by atomic mass is 9.96. The highest BCUT2D eigenvalue weighted by Crippen LogP contribution is 2.40. The Morgan fingerprint density at radius 1 is 1.53 bits per heavy atom. The molecule has 15 heavy (non-hydrogen) atoms. The van der Waals surface area contributed by atoms with Gasteiger partial charge in [-0.2, -0.15) is 0 Å². The van der Waals surface area contributed by atoms with E-state index in [1.807, 2.05) is 13.0 Å². The average molecular weight is 209 g/mol. The van der Waals surface area contributed by atoms with Crippen LogP contribution in [0.4, 0.5) is 4.39 Å². The van der Waals surface area contributed by atoms with Crippen molar-refractivity contribution < 1.29 is 9.13 Å². The molecule has 0 amide bonds. The molecule has 0 aromatic heterocycles. The Bertz CT molecular complexity index is 367. The van der Waals surface area contributed by atoms with E-state index in [9.17, 15) is 4.39 Å². The van der Waals surface area contributed by atoms with Gasteiger partial charge in [0.25, 0.3) is 0 Å². The summed E-state index contributed by atoms with van der Waals surface area (Å²) in [7, 11) is 0. The summed E-state index contributed by atoms with van der Waals surface area (Å²) in [5, 5.41) is 0. The summed E-state index contributed by atoms with van der Waals surface area (Å²) in [5.41, 5.74) is 7.03. The van der Waals surface area contributed by atoms with Crippen LogP contribution in [0.3, 0.4) is 0 Å². The van der Waals surface area contributed by atoms with Gasteiger partial charge in [-0.3, -0.25) is 0 Å². The molecule has 0 heterocycles. The fraction of sp³-hybridized carbons (Fsp3) is 0.500. The molecule has 1 aromatic carbocycles. The first kappa shape index (κ1) is 10.6. The van der Waals surface area contributed by atoms with Crippen molar-refractivity contribution in [2.75, 3.05) is 13.2 Å². The van der Waals surface area contributed by atoms with Crippen LogP contribution in [-0.2, 0) is 16.8 Å². The van der Waals surface area contributed by atoms with E-state index < -0.39 is 5.60 Å². The van der Waals surface area contributed by atoms with Crippen LogP contribution in [0.1, 0.15) is 24.5 Å². The molecule has 1 aliphatic rings. The summed E-state index contributed by atoms with van der Waals surface area (Å²) in [6.07, 6.45) is 1.51. The maximum absolute atomic E-state index is 13.5. The highest BCUT2D eigenvalue weighted by molar-refractivity contribution is 5.38. The van der Waals surface area contributed by atoms with Crippen molar-refractivity contribution in [1.29, 1.82) is 0 Å². The van der Waals surface area contributed by atoms with Crippen LogP contribution in [0.5, 0.6) is 0 Å². The van der Waals surface area contributed by atoms with E-state index in [2.05, 4.69) is 0 Å². The lowest BCUT2D eigenvalue weighted by Gasteiger charge is -2.28. The van der Waals surface area contributed by atoms with Crippen LogP contribution >= 0.6 is 0 Å². The monoisotopic (exact) mass is 209 g/mol. The summed E-state index contributed by atoms with van der Waals surface area (Å²) in [5.74, 6) is -0.137. The van der Waals surface area contributed by atoms with E-state index in [0.717, 1.165) is 24.0 Å². The number of hydrogen-bond acceptors (Lipinski definition) is 2. The van der Waals surface area contributed by atoms with Crippen molar-refractivity contribution in [3.8, 4) is 0 Å². The summed E-state index contributed by atoms with van der Waals surface area (Å²) < 4.78 is 19.2. The lowest BCUT2D eigenvalue weighted by molar-refractivity contribution is -0.0355. The van der Waals surface area contributed by atoms with Crippen LogP contribution in [0.25, 0.3) is 0 Å². The van der Waals surface area contributed by atoms with Gasteiger partial charge in [-0.15, -0.1) is 0 Å². The van der Waals surface area contributed by atoms with E-state index in [4.69, 9.17) is 10.5 Å². The minimum Gasteiger partial charge on any atom is -0.369 e. The molecular formula is C12H16FNO. The highest BCUT2D eigenvalue weighted by atomic mass is 19.1. The summed E-state index contributed by atoms with van der Waals surface area (Å²) in [4.78, 5) is 0. The van der Waals surface area contributed by atoms with Crippen molar-refractivity contribution >= 4 is 0 Å². The zero-order valence-electron chi connectivity index (χ0n) is 8.92. The molecule has 0 spiro atoms. The summed E-state index contributed by atoms with van der Waals surface area (Å²) >= 11 is 0. The van der Waals surface area contributed by atoms with Crippen LogP contribution in [-0.4, -0.2) is 13.2 Å². The van der Waals surface area contributed by atoms with Crippen molar-refractivity contribution in [2.45, 2.75) is 25.4 Å². The number of rotatable bonds is 3. The van der Waals surface area contributed by atoms with Gasteiger partial charge >= 0.3 is 0 Å². The molecule has 0 radical (unpaired) electrons. The third kappa shape index (κ3) is 1.56. The fourth-order valence-electron chi connectivity index (χ4n) is 2.40. The van der Waals surface area contributed by atoms with Crippen LogP contribution in [0.2, 0.25) is 0 Å². The Kier molecular flexibility index (Phi) is 2.76. The second-order valence-electron chi connectivity index (χ2n) is 3.90. The molecule has 2 rings (SSSR count). The zero-order chi connectivity index (χ0) is 10.9. The van der Waals surface area contributed by atoms with E-state index in [-0.39, 0.29) is 5.82 Å². The smallest absolute Gasteiger partial charge is 0.126 e. The van der Waals surface area contributed by atoms with Gasteiger partial charge in [-0.1, -0.05) is 12.1 Å². The molecule has 82 valence electrons. The Labute approximate surface area is 89.2 Å². The third-order valence-electron chi connectivity index (χ3n) is 3.14. The molecule has 1 unspecified atom stereocenters. The van der Waals surface area contributed by atoms with Crippen LogP contribution in [0, 0.1) is 5.82 Å². The Morgan fingerprint density at radius 2 is 2.33 bits per heavy atom. The molecular weight excluding hydrogens is 193 g/mol. The van der Waals surface area contributed by atoms with Gasteiger partial charge in [0.2, 0.25) is 0 Å². The van der Waals surface area contributed by atoms with Gasteiger partial charge in [0, 0.05) is 13.2 Å². The van der Waals surface area contributed by atoms with Gasteiger partial charge in [-0.25, -0.2) is 4.39 Å². The highest BCUT2D eigenvalue weighted by Gasteiger charge is 2.39. The van der Waals surface area contributed by atoms with E-state index in [1.54, 1.807) is 6.07 Å². The molecule has 0 bridgehead atoms. The second kappa shape index (κ2) is 3.91. The minimum atomic E-state index is -0.452. The number of fused-ring (bicyclic) bond motifs is 1. The lowest BCUT2D eigenvalue weighted by Crippen LogP contribution is -2.35. The van der Waals surface area contributed by atoms with Crippen molar-refractivity contribution in [3.63, 3.8) is 0 Å².